The highest BCUT2D eigenvalue weighted by Crippen LogP contribution is 2.10. The van der Waals surface area contributed by atoms with Crippen molar-refractivity contribution >= 4 is 0 Å². The average Bonchev–Trinajstić information content (AvgIpc) is 2.85. The van der Waals surface area contributed by atoms with E-state index in [2.05, 4.69) is 22.4 Å². The smallest absolute Gasteiger partial charge is 0.138 e. The van der Waals surface area contributed by atoms with Crippen LogP contribution in [0.25, 0.3) is 0 Å². The van der Waals surface area contributed by atoms with Crippen LogP contribution in [0.5, 0.6) is 0 Å². The van der Waals surface area contributed by atoms with Crippen LogP contribution < -0.4 is 0 Å². The summed E-state index contributed by atoms with van der Waals surface area (Å²) in [4.78, 5) is 0. The van der Waals surface area contributed by atoms with Crippen molar-refractivity contribution in [3.05, 3.63) is 6.33 Å². The lowest BCUT2D eigenvalue weighted by molar-refractivity contribution is 0.507. The number of tetrazole rings is 1. The zero-order valence-corrected chi connectivity index (χ0v) is 11.1. The molecule has 0 radical (unpaired) electrons. The van der Waals surface area contributed by atoms with E-state index in [4.69, 9.17) is 0 Å². The molecule has 1 heterocycles. The summed E-state index contributed by atoms with van der Waals surface area (Å²) in [5.74, 6) is 0. The van der Waals surface area contributed by atoms with Crippen LogP contribution in [0.2, 0.25) is 0 Å². The molecule has 0 amide bonds. The Hall–Kier alpha value is -0.930. The zero-order chi connectivity index (χ0) is 12.2. The Morgan fingerprint density at radius 1 is 0.824 bits per heavy atom. The molecule has 4 heteroatoms. The summed E-state index contributed by atoms with van der Waals surface area (Å²) in [6.07, 6.45) is 15.4. The number of rotatable bonds is 11. The number of hydrogen-bond donors (Lipinski definition) is 0. The predicted molar refractivity (Wildman–Crippen MR) is 69.7 cm³/mol. The first-order valence-electron chi connectivity index (χ1n) is 7.14. The van der Waals surface area contributed by atoms with Crippen molar-refractivity contribution in [2.24, 2.45) is 0 Å². The zero-order valence-electron chi connectivity index (χ0n) is 11.1. The second kappa shape index (κ2) is 10.2. The molecule has 0 atom stereocenters. The van der Waals surface area contributed by atoms with E-state index in [0.29, 0.717) is 0 Å². The maximum absolute atomic E-state index is 3.85. The molecule has 98 valence electrons. The third-order valence-electron chi connectivity index (χ3n) is 3.13. The van der Waals surface area contributed by atoms with Gasteiger partial charge in [-0.15, -0.1) is 5.10 Å². The molecule has 0 unspecified atom stereocenters. The third-order valence-corrected chi connectivity index (χ3v) is 3.13. The van der Waals surface area contributed by atoms with E-state index < -0.39 is 0 Å². The van der Waals surface area contributed by atoms with Crippen LogP contribution in [0.1, 0.15) is 71.1 Å². The van der Waals surface area contributed by atoms with Gasteiger partial charge in [-0.05, 0) is 16.8 Å². The number of unbranched alkanes of at least 4 members (excludes halogenated alkanes) is 9. The molecule has 1 rings (SSSR count). The summed E-state index contributed by atoms with van der Waals surface area (Å²) in [7, 11) is 0. The van der Waals surface area contributed by atoms with Gasteiger partial charge in [-0.3, -0.25) is 0 Å². The molecule has 0 aliphatic carbocycles. The van der Waals surface area contributed by atoms with Crippen molar-refractivity contribution in [1.29, 1.82) is 0 Å². The van der Waals surface area contributed by atoms with E-state index in [-0.39, 0.29) is 0 Å². The summed E-state index contributed by atoms with van der Waals surface area (Å²) in [6, 6.07) is 0. The molecule has 1 aromatic rings. The first-order valence-corrected chi connectivity index (χ1v) is 7.14. The van der Waals surface area contributed by atoms with Gasteiger partial charge in [0, 0.05) is 6.54 Å². The van der Waals surface area contributed by atoms with E-state index in [1.807, 2.05) is 4.68 Å². The van der Waals surface area contributed by atoms with Crippen LogP contribution >= 0.6 is 0 Å². The Labute approximate surface area is 105 Å². The Morgan fingerprint density at radius 2 is 1.41 bits per heavy atom. The summed E-state index contributed by atoms with van der Waals surface area (Å²) >= 11 is 0. The second-order valence-corrected chi connectivity index (χ2v) is 4.75. The fraction of sp³-hybridized carbons (Fsp3) is 0.923. The molecular weight excluding hydrogens is 212 g/mol. The summed E-state index contributed by atoms with van der Waals surface area (Å²) in [6.45, 7) is 3.23. The summed E-state index contributed by atoms with van der Waals surface area (Å²) in [5.41, 5.74) is 0. The third kappa shape index (κ3) is 7.88. The van der Waals surface area contributed by atoms with Crippen LogP contribution in [-0.4, -0.2) is 20.2 Å². The van der Waals surface area contributed by atoms with Crippen molar-refractivity contribution < 1.29 is 0 Å². The van der Waals surface area contributed by atoms with E-state index in [9.17, 15) is 0 Å². The standard InChI is InChI=1S/C13H26N4/c1-2-3-4-5-6-7-8-9-10-11-12-17-13-14-15-16-17/h13H,2-12H2,1H3. The highest BCUT2D eigenvalue weighted by atomic mass is 15.5. The molecule has 0 aromatic carbocycles. The van der Waals surface area contributed by atoms with Crippen molar-refractivity contribution in [1.82, 2.24) is 20.2 Å². The maximum Gasteiger partial charge on any atom is 0.138 e. The summed E-state index contributed by atoms with van der Waals surface area (Å²) < 4.78 is 1.81. The summed E-state index contributed by atoms with van der Waals surface area (Å²) in [5, 5.41) is 11.1. The molecule has 4 nitrogen and oxygen atoms in total. The van der Waals surface area contributed by atoms with Crippen LogP contribution in [0, 0.1) is 0 Å². The first-order chi connectivity index (χ1) is 8.43. The molecule has 17 heavy (non-hydrogen) atoms. The Morgan fingerprint density at radius 3 is 1.94 bits per heavy atom. The van der Waals surface area contributed by atoms with Gasteiger partial charge in [0.25, 0.3) is 0 Å². The molecule has 0 aliphatic heterocycles. The highest BCUT2D eigenvalue weighted by Gasteiger charge is 1.94. The molecule has 0 saturated carbocycles. The number of nitrogens with zero attached hydrogens (tertiary/aromatic N) is 4. The van der Waals surface area contributed by atoms with Gasteiger partial charge in [-0.2, -0.15) is 0 Å². The average molecular weight is 238 g/mol. The van der Waals surface area contributed by atoms with Gasteiger partial charge in [0.2, 0.25) is 0 Å². The van der Waals surface area contributed by atoms with Crippen LogP contribution in [0.4, 0.5) is 0 Å². The van der Waals surface area contributed by atoms with E-state index in [0.717, 1.165) is 6.54 Å². The van der Waals surface area contributed by atoms with Crippen LogP contribution in [0.3, 0.4) is 0 Å². The number of hydrogen-bond acceptors (Lipinski definition) is 3. The Balaban J connectivity index is 1.76. The normalized spacial score (nSPS) is 10.9. The van der Waals surface area contributed by atoms with Crippen LogP contribution in [0.15, 0.2) is 6.33 Å². The predicted octanol–water partition coefficient (Wildman–Crippen LogP) is 3.59. The van der Waals surface area contributed by atoms with Crippen molar-refractivity contribution in [3.8, 4) is 0 Å². The monoisotopic (exact) mass is 238 g/mol. The van der Waals surface area contributed by atoms with Crippen molar-refractivity contribution in [2.45, 2.75) is 77.7 Å². The van der Waals surface area contributed by atoms with Gasteiger partial charge in [-0.1, -0.05) is 64.7 Å². The van der Waals surface area contributed by atoms with Crippen LogP contribution in [-0.2, 0) is 6.54 Å². The van der Waals surface area contributed by atoms with E-state index in [1.165, 1.54) is 64.2 Å². The lowest BCUT2D eigenvalue weighted by Crippen LogP contribution is -1.98. The van der Waals surface area contributed by atoms with Gasteiger partial charge >= 0.3 is 0 Å². The molecule has 1 aromatic heterocycles. The minimum absolute atomic E-state index is 0.962. The molecular formula is C13H26N4. The lowest BCUT2D eigenvalue weighted by atomic mass is 10.1. The topological polar surface area (TPSA) is 43.6 Å². The van der Waals surface area contributed by atoms with Crippen molar-refractivity contribution in [2.75, 3.05) is 0 Å². The van der Waals surface area contributed by atoms with Gasteiger partial charge in [-0.25, -0.2) is 4.68 Å². The van der Waals surface area contributed by atoms with Gasteiger partial charge < -0.3 is 0 Å². The SMILES string of the molecule is CCCCCCCCCCCCn1cnnn1. The Bertz CT molecular complexity index is 246. The number of aryl methyl sites for hydroxylation is 1. The largest absolute Gasteiger partial charge is 0.233 e. The quantitative estimate of drug-likeness (QED) is 0.553. The Kier molecular flexibility index (Phi) is 8.51. The highest BCUT2D eigenvalue weighted by molar-refractivity contribution is 4.50. The van der Waals surface area contributed by atoms with E-state index in [1.54, 1.807) is 6.33 Å². The van der Waals surface area contributed by atoms with Gasteiger partial charge in [0.15, 0.2) is 0 Å². The molecule has 0 N–H and O–H groups in total. The molecule has 0 fully saturated rings. The second-order valence-electron chi connectivity index (χ2n) is 4.75. The maximum atomic E-state index is 3.85. The molecule has 0 aliphatic rings. The molecule has 0 spiro atoms. The van der Waals surface area contributed by atoms with Gasteiger partial charge in [0.1, 0.15) is 6.33 Å². The fourth-order valence-electron chi connectivity index (χ4n) is 2.04. The minimum atomic E-state index is 0.962. The number of aromatic nitrogens is 4. The minimum Gasteiger partial charge on any atom is -0.233 e. The fourth-order valence-corrected chi connectivity index (χ4v) is 2.04. The molecule has 0 saturated heterocycles. The van der Waals surface area contributed by atoms with Gasteiger partial charge in [0.05, 0.1) is 0 Å². The first kappa shape index (κ1) is 14.1. The van der Waals surface area contributed by atoms with Crippen molar-refractivity contribution in [3.63, 3.8) is 0 Å². The molecule has 0 bridgehead atoms. The van der Waals surface area contributed by atoms with E-state index >= 15 is 0 Å². The lowest BCUT2D eigenvalue weighted by Gasteiger charge is -2.02.